The summed E-state index contributed by atoms with van der Waals surface area (Å²) >= 11 is 0. The third-order valence-electron chi connectivity index (χ3n) is 8.97. The molecule has 0 saturated carbocycles. The van der Waals surface area contributed by atoms with Gasteiger partial charge in [-0.3, -0.25) is 9.58 Å². The van der Waals surface area contributed by atoms with Crippen molar-refractivity contribution in [2.45, 2.75) is 57.5 Å². The Morgan fingerprint density at radius 1 is 1.04 bits per heavy atom. The van der Waals surface area contributed by atoms with Crippen LogP contribution in [0.2, 0.25) is 0 Å². The van der Waals surface area contributed by atoms with Gasteiger partial charge in [0.1, 0.15) is 12.4 Å². The van der Waals surface area contributed by atoms with E-state index in [-0.39, 0.29) is 11.7 Å². The number of aromatic nitrogens is 5. The molecular weight excluding hydrogens is 572 g/mol. The maximum atomic E-state index is 11.6. The normalized spacial score (nSPS) is 17.6. The van der Waals surface area contributed by atoms with Crippen LogP contribution in [0.25, 0.3) is 21.9 Å². The van der Waals surface area contributed by atoms with Crippen LogP contribution < -0.4 is 4.74 Å². The first-order valence-corrected chi connectivity index (χ1v) is 15.6. The number of hydrogen-bond acceptors (Lipinski definition) is 8. The molecule has 2 saturated heterocycles. The molecular formula is C34H38N6O5. The molecule has 0 aliphatic carbocycles. The van der Waals surface area contributed by atoms with Crippen LogP contribution in [0.15, 0.2) is 60.8 Å². The first-order chi connectivity index (χ1) is 22.0. The molecule has 0 radical (unpaired) electrons. The predicted molar refractivity (Wildman–Crippen MR) is 168 cm³/mol. The second kappa shape index (κ2) is 13.0. The van der Waals surface area contributed by atoms with Crippen molar-refractivity contribution in [2.75, 3.05) is 33.4 Å². The summed E-state index contributed by atoms with van der Waals surface area (Å²) in [6.45, 7) is 5.78. The zero-order chi connectivity index (χ0) is 30.8. The van der Waals surface area contributed by atoms with Crippen LogP contribution in [0.1, 0.15) is 52.6 Å². The van der Waals surface area contributed by atoms with E-state index in [9.17, 15) is 9.90 Å². The molecule has 0 bridgehead atoms. The number of nitrogens with zero attached hydrogens (tertiary/aromatic N) is 6. The van der Waals surface area contributed by atoms with Crippen LogP contribution in [-0.4, -0.2) is 79.8 Å². The van der Waals surface area contributed by atoms with Crippen molar-refractivity contribution in [1.82, 2.24) is 29.2 Å². The Kier molecular flexibility index (Phi) is 8.47. The average Bonchev–Trinajstić information content (AvgIpc) is 3.60. The minimum absolute atomic E-state index is 0.147. The van der Waals surface area contributed by atoms with Gasteiger partial charge in [-0.25, -0.2) is 14.8 Å². The molecule has 1 atom stereocenters. The number of imidazole rings is 1. The summed E-state index contributed by atoms with van der Waals surface area (Å²) in [7, 11) is 1.70. The molecule has 2 fully saturated rings. The van der Waals surface area contributed by atoms with Crippen LogP contribution in [0.3, 0.4) is 0 Å². The topological polar surface area (TPSA) is 117 Å². The molecule has 2 aliphatic heterocycles. The number of aromatic carboxylic acids is 1. The first-order valence-electron chi connectivity index (χ1n) is 15.6. The quantitative estimate of drug-likeness (QED) is 0.211. The summed E-state index contributed by atoms with van der Waals surface area (Å²) in [5, 5.41) is 15.1. The highest BCUT2D eigenvalue weighted by Crippen LogP contribution is 2.30. The lowest BCUT2D eigenvalue weighted by Crippen LogP contribution is -2.35. The van der Waals surface area contributed by atoms with E-state index in [4.69, 9.17) is 24.2 Å². The van der Waals surface area contributed by atoms with Crippen molar-refractivity contribution >= 4 is 27.9 Å². The lowest BCUT2D eigenvalue weighted by Gasteiger charge is -2.32. The number of fused-ring (bicyclic) bond motifs is 2. The number of carboxylic acids is 1. The Morgan fingerprint density at radius 2 is 1.91 bits per heavy atom. The van der Waals surface area contributed by atoms with Gasteiger partial charge in [-0.05, 0) is 68.2 Å². The minimum atomic E-state index is -0.931. The third kappa shape index (κ3) is 6.42. The van der Waals surface area contributed by atoms with Gasteiger partial charge in [0.25, 0.3) is 0 Å². The van der Waals surface area contributed by atoms with E-state index in [1.165, 1.54) is 0 Å². The van der Waals surface area contributed by atoms with E-state index in [1.807, 2.05) is 29.1 Å². The van der Waals surface area contributed by atoms with Gasteiger partial charge in [0.05, 0.1) is 60.7 Å². The molecule has 5 aromatic rings. The van der Waals surface area contributed by atoms with Gasteiger partial charge in [0.2, 0.25) is 5.88 Å². The molecule has 11 nitrogen and oxygen atoms in total. The van der Waals surface area contributed by atoms with E-state index < -0.39 is 5.97 Å². The Bertz CT molecular complexity index is 1800. The van der Waals surface area contributed by atoms with Gasteiger partial charge in [-0.1, -0.05) is 18.2 Å². The fourth-order valence-corrected chi connectivity index (χ4v) is 6.31. The number of pyridine rings is 1. The van der Waals surface area contributed by atoms with Gasteiger partial charge in [0, 0.05) is 36.8 Å². The van der Waals surface area contributed by atoms with Gasteiger partial charge in [0.15, 0.2) is 0 Å². The number of likely N-dealkylation sites (tertiary alicyclic amines) is 1. The van der Waals surface area contributed by atoms with Crippen LogP contribution in [-0.2, 0) is 35.7 Å². The van der Waals surface area contributed by atoms with Crippen LogP contribution in [0.4, 0.5) is 0 Å². The zero-order valence-corrected chi connectivity index (χ0v) is 25.5. The van der Waals surface area contributed by atoms with Crippen LogP contribution in [0.5, 0.6) is 5.88 Å². The SMILES string of the molecule is COCCn1ncc2ccc(COc3cccc(C4CCN(Cc5nc6ccc(C(=O)O)cc6n5C[C@@H]5CCO5)CC4)n3)cc21. The highest BCUT2D eigenvalue weighted by molar-refractivity contribution is 5.92. The lowest BCUT2D eigenvalue weighted by atomic mass is 9.93. The molecule has 0 amide bonds. The standard InChI is InChI=1S/C34H38N6O5/c1-43-16-14-40-30-17-23(5-6-26(30)19-35-40)22-45-33-4-2-3-28(37-33)24-9-12-38(13-10-24)21-32-36-29-8-7-25(34(41)42)18-31(29)39(32)20-27-11-15-44-27/h2-8,17-19,24,27H,9-16,20-22H2,1H3,(H,41,42)/t27-/m0/s1. The monoisotopic (exact) mass is 610 g/mol. The summed E-state index contributed by atoms with van der Waals surface area (Å²) in [6.07, 6.45) is 5.02. The number of ether oxygens (including phenoxy) is 3. The number of benzene rings is 2. The molecule has 3 aromatic heterocycles. The molecule has 0 unspecified atom stereocenters. The maximum Gasteiger partial charge on any atom is 0.335 e. The largest absolute Gasteiger partial charge is 0.478 e. The third-order valence-corrected chi connectivity index (χ3v) is 8.97. The second-order valence-electron chi connectivity index (χ2n) is 11.9. The molecule has 2 aromatic carbocycles. The smallest absolute Gasteiger partial charge is 0.335 e. The number of carbonyl (C=O) groups is 1. The van der Waals surface area contributed by atoms with Crippen molar-refractivity contribution in [3.8, 4) is 5.88 Å². The molecule has 2 aliphatic rings. The molecule has 5 heterocycles. The van der Waals surface area contributed by atoms with E-state index in [1.54, 1.807) is 19.2 Å². The van der Waals surface area contributed by atoms with Crippen LogP contribution >= 0.6 is 0 Å². The lowest BCUT2D eigenvalue weighted by molar-refractivity contribution is -0.0592. The van der Waals surface area contributed by atoms with E-state index in [0.717, 1.165) is 78.0 Å². The predicted octanol–water partition coefficient (Wildman–Crippen LogP) is 4.87. The Balaban J connectivity index is 0.985. The number of rotatable bonds is 12. The van der Waals surface area contributed by atoms with Gasteiger partial charge in [-0.2, -0.15) is 5.10 Å². The molecule has 7 rings (SSSR count). The molecule has 11 heteroatoms. The van der Waals surface area contributed by atoms with Crippen molar-refractivity contribution in [1.29, 1.82) is 0 Å². The second-order valence-corrected chi connectivity index (χ2v) is 11.9. The fraction of sp³-hybridized carbons (Fsp3) is 0.412. The van der Waals surface area contributed by atoms with E-state index >= 15 is 0 Å². The van der Waals surface area contributed by atoms with E-state index in [0.29, 0.717) is 44.6 Å². The molecule has 45 heavy (non-hydrogen) atoms. The van der Waals surface area contributed by atoms with Crippen molar-refractivity contribution < 1.29 is 24.1 Å². The zero-order valence-electron chi connectivity index (χ0n) is 25.5. The maximum absolute atomic E-state index is 11.6. The molecule has 0 spiro atoms. The number of methoxy groups -OCH3 is 1. The highest BCUT2D eigenvalue weighted by atomic mass is 16.5. The Morgan fingerprint density at radius 3 is 2.69 bits per heavy atom. The molecule has 1 N–H and O–H groups in total. The fourth-order valence-electron chi connectivity index (χ4n) is 6.31. The summed E-state index contributed by atoms with van der Waals surface area (Å²) in [5.41, 5.74) is 5.15. The average molecular weight is 611 g/mol. The highest BCUT2D eigenvalue weighted by Gasteiger charge is 2.26. The Labute approximate surface area is 261 Å². The summed E-state index contributed by atoms with van der Waals surface area (Å²) in [4.78, 5) is 23.9. The van der Waals surface area contributed by atoms with Gasteiger partial charge < -0.3 is 23.9 Å². The van der Waals surface area contributed by atoms with Gasteiger partial charge in [-0.15, -0.1) is 0 Å². The molecule has 234 valence electrons. The minimum Gasteiger partial charge on any atom is -0.478 e. The van der Waals surface area contributed by atoms with Gasteiger partial charge >= 0.3 is 5.97 Å². The van der Waals surface area contributed by atoms with Crippen molar-refractivity contribution in [2.24, 2.45) is 0 Å². The summed E-state index contributed by atoms with van der Waals surface area (Å²) < 4.78 is 21.2. The van der Waals surface area contributed by atoms with E-state index in [2.05, 4.69) is 38.8 Å². The summed E-state index contributed by atoms with van der Waals surface area (Å²) in [5.74, 6) is 1.02. The van der Waals surface area contributed by atoms with Crippen molar-refractivity contribution in [3.05, 3.63) is 83.4 Å². The Hall–Kier alpha value is -4.32. The number of hydrogen-bond donors (Lipinski definition) is 1. The first kappa shape index (κ1) is 29.4. The summed E-state index contributed by atoms with van der Waals surface area (Å²) in [6, 6.07) is 17.5. The number of carboxylic acid groups (broad SMARTS) is 1. The van der Waals surface area contributed by atoms with Crippen LogP contribution in [0, 0.1) is 0 Å². The van der Waals surface area contributed by atoms with Crippen molar-refractivity contribution in [3.63, 3.8) is 0 Å². The number of piperidine rings is 1.